The highest BCUT2D eigenvalue weighted by atomic mass is 32.1. The molecule has 2 unspecified atom stereocenters. The summed E-state index contributed by atoms with van der Waals surface area (Å²) in [4.78, 5) is 11.5. The smallest absolute Gasteiger partial charge is 0.272 e. The molecule has 5 heteroatoms. The fraction of sp³-hybridized carbons (Fsp3) is 0.778. The van der Waals surface area contributed by atoms with Gasteiger partial charge in [0.05, 0.1) is 0 Å². The molecule has 2 N–H and O–H groups in total. The van der Waals surface area contributed by atoms with E-state index in [0.717, 1.165) is 0 Å². The summed E-state index contributed by atoms with van der Waals surface area (Å²) in [6.07, 6.45) is 5.16. The highest BCUT2D eigenvalue weighted by Crippen LogP contribution is 2.58. The summed E-state index contributed by atoms with van der Waals surface area (Å²) in [6.45, 7) is 0. The van der Waals surface area contributed by atoms with E-state index in [-0.39, 0.29) is 5.69 Å². The van der Waals surface area contributed by atoms with Gasteiger partial charge >= 0.3 is 5.69 Å². The maximum atomic E-state index is 11.5. The van der Waals surface area contributed by atoms with E-state index in [2.05, 4.69) is 10.2 Å². The van der Waals surface area contributed by atoms with Gasteiger partial charge in [0.2, 0.25) is 0 Å². The van der Waals surface area contributed by atoms with Crippen LogP contribution in [0.4, 0.5) is 0 Å². The van der Waals surface area contributed by atoms with Crippen LogP contribution in [0.25, 0.3) is 0 Å². The molecule has 1 heterocycles. The zero-order chi connectivity index (χ0) is 9.71. The maximum absolute atomic E-state index is 11.5. The minimum absolute atomic E-state index is 0.0746. The summed E-state index contributed by atoms with van der Waals surface area (Å²) in [5, 5.41) is 5.25. The molecule has 1 aromatic rings. The molecule has 0 aromatic carbocycles. The van der Waals surface area contributed by atoms with Gasteiger partial charge in [-0.1, -0.05) is 12.8 Å². The number of fused-ring (bicyclic) bond motifs is 1. The molecule has 3 rings (SSSR count). The molecule has 0 aliphatic heterocycles. The number of aromatic amines is 2. The Morgan fingerprint density at radius 2 is 1.86 bits per heavy atom. The van der Waals surface area contributed by atoms with Crippen LogP contribution in [-0.2, 0) is 0 Å². The summed E-state index contributed by atoms with van der Waals surface area (Å²) >= 11 is 5.09. The number of rotatable bonds is 1. The zero-order valence-corrected chi connectivity index (χ0v) is 8.64. The molecule has 2 fully saturated rings. The Balaban J connectivity index is 1.98. The molecule has 14 heavy (non-hydrogen) atoms. The van der Waals surface area contributed by atoms with Gasteiger partial charge in [-0.05, 0) is 36.9 Å². The second-order valence-corrected chi connectivity index (χ2v) is 4.72. The molecular formula is C9H13N3OS. The van der Waals surface area contributed by atoms with Crippen LogP contribution in [0.15, 0.2) is 4.79 Å². The predicted octanol–water partition coefficient (Wildman–Crippen LogP) is 1.60. The maximum Gasteiger partial charge on any atom is 0.342 e. The molecule has 2 aliphatic carbocycles. The van der Waals surface area contributed by atoms with Crippen LogP contribution < -0.4 is 5.69 Å². The Morgan fingerprint density at radius 1 is 1.21 bits per heavy atom. The molecule has 76 valence electrons. The lowest BCUT2D eigenvalue weighted by Crippen LogP contribution is -2.16. The Bertz CT molecular complexity index is 418. The van der Waals surface area contributed by atoms with Crippen molar-refractivity contribution in [1.82, 2.24) is 14.8 Å². The molecule has 0 spiro atoms. The van der Waals surface area contributed by atoms with Crippen LogP contribution >= 0.6 is 12.2 Å². The monoisotopic (exact) mass is 211 g/mol. The molecule has 4 nitrogen and oxygen atoms in total. The van der Waals surface area contributed by atoms with Crippen molar-refractivity contribution in [2.24, 2.45) is 11.8 Å². The molecule has 1 aromatic heterocycles. The third kappa shape index (κ3) is 1.05. The highest BCUT2D eigenvalue weighted by Gasteiger charge is 2.52. The third-order valence-electron chi connectivity index (χ3n) is 3.62. The van der Waals surface area contributed by atoms with Crippen LogP contribution in [0.3, 0.4) is 0 Å². The Morgan fingerprint density at radius 3 is 2.36 bits per heavy atom. The summed E-state index contributed by atoms with van der Waals surface area (Å²) in [5.74, 6) is 1.43. The molecule has 2 aliphatic rings. The van der Waals surface area contributed by atoms with E-state index < -0.39 is 0 Å². The standard InChI is InChI=1S/C9H13N3OS/c13-8-10-11-9(14)12(8)7-5-3-1-2-4-6(5)7/h5-7H,1-4H2,(H,10,13)(H,11,14). The van der Waals surface area contributed by atoms with Crippen molar-refractivity contribution >= 4 is 12.2 Å². The summed E-state index contributed by atoms with van der Waals surface area (Å²) < 4.78 is 2.28. The highest BCUT2D eigenvalue weighted by molar-refractivity contribution is 7.71. The Labute approximate surface area is 86.3 Å². The van der Waals surface area contributed by atoms with Gasteiger partial charge in [0, 0.05) is 6.04 Å². The van der Waals surface area contributed by atoms with Crippen molar-refractivity contribution in [2.45, 2.75) is 31.7 Å². The van der Waals surface area contributed by atoms with Crippen LogP contribution in [-0.4, -0.2) is 14.8 Å². The van der Waals surface area contributed by atoms with E-state index >= 15 is 0 Å². The van der Waals surface area contributed by atoms with Gasteiger partial charge < -0.3 is 0 Å². The van der Waals surface area contributed by atoms with E-state index in [1.165, 1.54) is 25.7 Å². The lowest BCUT2D eigenvalue weighted by atomic mass is 10.0. The van der Waals surface area contributed by atoms with Crippen LogP contribution in [0, 0.1) is 16.6 Å². The van der Waals surface area contributed by atoms with Gasteiger partial charge in [0.25, 0.3) is 0 Å². The van der Waals surface area contributed by atoms with E-state index in [0.29, 0.717) is 22.6 Å². The lowest BCUT2D eigenvalue weighted by Gasteiger charge is -2.04. The van der Waals surface area contributed by atoms with Crippen molar-refractivity contribution in [3.8, 4) is 0 Å². The SMILES string of the molecule is O=c1[nH][nH]c(=S)n1C1C2CCCCC21. The number of H-pyrrole nitrogens is 2. The first-order valence-corrected chi connectivity index (χ1v) is 5.59. The van der Waals surface area contributed by atoms with E-state index in [4.69, 9.17) is 12.2 Å². The normalized spacial score (nSPS) is 35.3. The molecule has 0 amide bonds. The average Bonchev–Trinajstić information content (AvgIpc) is 2.82. The summed E-state index contributed by atoms with van der Waals surface area (Å²) in [6, 6.07) is 0.389. The van der Waals surface area contributed by atoms with Crippen molar-refractivity contribution in [3.05, 3.63) is 15.3 Å². The van der Waals surface area contributed by atoms with E-state index in [9.17, 15) is 4.79 Å². The zero-order valence-electron chi connectivity index (χ0n) is 7.82. The fourth-order valence-electron chi connectivity index (χ4n) is 2.93. The number of aromatic nitrogens is 3. The topological polar surface area (TPSA) is 53.6 Å². The van der Waals surface area contributed by atoms with Gasteiger partial charge in [-0.25, -0.2) is 9.89 Å². The minimum atomic E-state index is -0.0746. The predicted molar refractivity (Wildman–Crippen MR) is 54.7 cm³/mol. The molecule has 0 saturated heterocycles. The molecule has 0 bridgehead atoms. The van der Waals surface area contributed by atoms with Gasteiger partial charge in [0.1, 0.15) is 0 Å². The summed E-state index contributed by atoms with van der Waals surface area (Å²) in [7, 11) is 0. The fourth-order valence-corrected chi connectivity index (χ4v) is 3.18. The first-order chi connectivity index (χ1) is 6.79. The molecular weight excluding hydrogens is 198 g/mol. The second-order valence-electron chi connectivity index (χ2n) is 4.33. The Hall–Kier alpha value is -0.840. The van der Waals surface area contributed by atoms with Crippen molar-refractivity contribution in [3.63, 3.8) is 0 Å². The first-order valence-electron chi connectivity index (χ1n) is 5.18. The minimum Gasteiger partial charge on any atom is -0.272 e. The lowest BCUT2D eigenvalue weighted by molar-refractivity contribution is 0.480. The molecule has 2 saturated carbocycles. The van der Waals surface area contributed by atoms with Gasteiger partial charge in [-0.15, -0.1) is 0 Å². The third-order valence-corrected chi connectivity index (χ3v) is 3.92. The Kier molecular flexibility index (Phi) is 1.71. The van der Waals surface area contributed by atoms with Crippen molar-refractivity contribution in [2.75, 3.05) is 0 Å². The van der Waals surface area contributed by atoms with Crippen molar-refractivity contribution in [1.29, 1.82) is 0 Å². The van der Waals surface area contributed by atoms with Crippen LogP contribution in [0.5, 0.6) is 0 Å². The van der Waals surface area contributed by atoms with Gasteiger partial charge in [-0.2, -0.15) is 0 Å². The first kappa shape index (κ1) is 8.47. The number of nitrogens with one attached hydrogen (secondary N) is 2. The quantitative estimate of drug-likeness (QED) is 0.693. The van der Waals surface area contributed by atoms with Gasteiger partial charge in [0.15, 0.2) is 4.77 Å². The number of nitrogens with zero attached hydrogens (tertiary/aromatic N) is 1. The molecule has 2 atom stereocenters. The van der Waals surface area contributed by atoms with Gasteiger partial charge in [-0.3, -0.25) is 9.67 Å². The average molecular weight is 211 g/mol. The molecule has 0 radical (unpaired) electrons. The van der Waals surface area contributed by atoms with E-state index in [1.54, 1.807) is 4.57 Å². The number of hydrogen-bond acceptors (Lipinski definition) is 2. The summed E-state index contributed by atoms with van der Waals surface area (Å²) in [5.41, 5.74) is -0.0746. The number of hydrogen-bond donors (Lipinski definition) is 2. The van der Waals surface area contributed by atoms with Crippen LogP contribution in [0.1, 0.15) is 31.7 Å². The second kappa shape index (κ2) is 2.82. The largest absolute Gasteiger partial charge is 0.342 e. The van der Waals surface area contributed by atoms with Crippen molar-refractivity contribution < 1.29 is 0 Å². The van der Waals surface area contributed by atoms with Crippen LogP contribution in [0.2, 0.25) is 0 Å². The van der Waals surface area contributed by atoms with E-state index in [1.807, 2.05) is 0 Å².